The lowest BCUT2D eigenvalue weighted by Crippen LogP contribution is -2.37. The van der Waals surface area contributed by atoms with Crippen LogP contribution in [0.1, 0.15) is 28.4 Å². The molecule has 0 fully saturated rings. The van der Waals surface area contributed by atoms with Gasteiger partial charge in [0, 0.05) is 12.4 Å². The Morgan fingerprint density at radius 1 is 0.844 bits per heavy atom. The number of hydrogen-bond donors (Lipinski definition) is 0. The van der Waals surface area contributed by atoms with Gasteiger partial charge >= 0.3 is 5.97 Å². The molecule has 1 aromatic heterocycles. The number of anilines is 2. The van der Waals surface area contributed by atoms with Crippen LogP contribution in [0.2, 0.25) is 0 Å². The number of amides is 1. The Kier molecular flexibility index (Phi) is 5.11. The van der Waals surface area contributed by atoms with E-state index in [1.54, 1.807) is 36.2 Å². The lowest BCUT2D eigenvalue weighted by molar-refractivity contribution is -0.125. The molecule has 32 heavy (non-hydrogen) atoms. The third-order valence-corrected chi connectivity index (χ3v) is 5.70. The Bertz CT molecular complexity index is 1280. The molecule has 2 heterocycles. The van der Waals surface area contributed by atoms with E-state index in [0.29, 0.717) is 11.0 Å². The summed E-state index contributed by atoms with van der Waals surface area (Å²) in [6.07, 6.45) is 3.77. The molecule has 3 aromatic carbocycles. The zero-order chi connectivity index (χ0) is 22.1. The van der Waals surface area contributed by atoms with Gasteiger partial charge in [0.2, 0.25) is 0 Å². The number of esters is 1. The molecule has 0 radical (unpaired) electrons. The monoisotopic (exact) mass is 423 g/mol. The Morgan fingerprint density at radius 3 is 2.16 bits per heavy atom. The molecular formula is C26H21N3O3. The summed E-state index contributed by atoms with van der Waals surface area (Å²) in [6.45, 7) is 1.60. The maximum absolute atomic E-state index is 13.6. The number of carbonyl (C=O) groups excluding carboxylic acids is 2. The van der Waals surface area contributed by atoms with E-state index < -0.39 is 12.1 Å². The van der Waals surface area contributed by atoms with Gasteiger partial charge in [0.25, 0.3) is 5.91 Å². The molecule has 0 N–H and O–H groups in total. The van der Waals surface area contributed by atoms with Gasteiger partial charge in [-0.25, -0.2) is 4.79 Å². The summed E-state index contributed by atoms with van der Waals surface area (Å²) in [5, 5.41) is 0. The lowest BCUT2D eigenvalue weighted by atomic mass is 10.0. The molecule has 1 aliphatic heterocycles. The average Bonchev–Trinajstić information content (AvgIpc) is 3.00. The Labute approximate surface area is 185 Å². The van der Waals surface area contributed by atoms with Crippen molar-refractivity contribution in [1.82, 2.24) is 9.97 Å². The number of fused-ring (bicyclic) bond motifs is 3. The third-order valence-electron chi connectivity index (χ3n) is 5.70. The van der Waals surface area contributed by atoms with Crippen molar-refractivity contribution in [3.05, 3.63) is 95.8 Å². The van der Waals surface area contributed by atoms with Crippen LogP contribution in [0.5, 0.6) is 0 Å². The predicted molar refractivity (Wildman–Crippen MR) is 122 cm³/mol. The number of nitrogens with zero attached hydrogens (tertiary/aromatic N) is 3. The maximum Gasteiger partial charge on any atom is 0.341 e. The molecule has 6 heteroatoms. The largest absolute Gasteiger partial charge is 0.449 e. The van der Waals surface area contributed by atoms with E-state index >= 15 is 0 Å². The van der Waals surface area contributed by atoms with Crippen molar-refractivity contribution in [3.63, 3.8) is 0 Å². The van der Waals surface area contributed by atoms with Crippen LogP contribution in [-0.2, 0) is 22.4 Å². The molecule has 1 unspecified atom stereocenters. The molecule has 0 aliphatic carbocycles. The third kappa shape index (κ3) is 3.50. The highest BCUT2D eigenvalue weighted by Crippen LogP contribution is 2.36. The van der Waals surface area contributed by atoms with Gasteiger partial charge in [-0.05, 0) is 55.2 Å². The number of hydrogen-bond acceptors (Lipinski definition) is 5. The SMILES string of the molecule is CC(OC(=O)c1cccc2nccnc12)C(=O)N1c2ccccc2CCc2ccccc21. The zero-order valence-corrected chi connectivity index (χ0v) is 17.6. The van der Waals surface area contributed by atoms with Crippen LogP contribution < -0.4 is 4.90 Å². The van der Waals surface area contributed by atoms with Gasteiger partial charge < -0.3 is 4.74 Å². The van der Waals surface area contributed by atoms with Crippen LogP contribution in [0.3, 0.4) is 0 Å². The first-order valence-corrected chi connectivity index (χ1v) is 10.5. The fraction of sp³-hybridized carbons (Fsp3) is 0.154. The van der Waals surface area contributed by atoms with Gasteiger partial charge in [-0.2, -0.15) is 0 Å². The van der Waals surface area contributed by atoms with Gasteiger partial charge in [-0.15, -0.1) is 0 Å². The molecule has 0 bridgehead atoms. The van der Waals surface area contributed by atoms with Gasteiger partial charge in [0.05, 0.1) is 22.5 Å². The Morgan fingerprint density at radius 2 is 1.47 bits per heavy atom. The van der Waals surface area contributed by atoms with Crippen molar-refractivity contribution < 1.29 is 14.3 Å². The van der Waals surface area contributed by atoms with Crippen LogP contribution in [0.25, 0.3) is 11.0 Å². The fourth-order valence-electron chi connectivity index (χ4n) is 4.13. The number of aryl methyl sites for hydroxylation is 2. The summed E-state index contributed by atoms with van der Waals surface area (Å²) in [4.78, 5) is 36.7. The van der Waals surface area contributed by atoms with Crippen molar-refractivity contribution in [2.75, 3.05) is 4.90 Å². The first kappa shape index (κ1) is 19.9. The van der Waals surface area contributed by atoms with Crippen molar-refractivity contribution in [2.24, 2.45) is 0 Å². The minimum absolute atomic E-state index is 0.284. The number of benzene rings is 3. The topological polar surface area (TPSA) is 72.4 Å². The van der Waals surface area contributed by atoms with Crippen molar-refractivity contribution in [3.8, 4) is 0 Å². The van der Waals surface area contributed by atoms with Crippen molar-refractivity contribution in [2.45, 2.75) is 25.9 Å². The highest BCUT2D eigenvalue weighted by atomic mass is 16.5. The summed E-state index contributed by atoms with van der Waals surface area (Å²) < 4.78 is 5.63. The first-order chi connectivity index (χ1) is 15.6. The van der Waals surface area contributed by atoms with Gasteiger partial charge in [-0.1, -0.05) is 42.5 Å². The van der Waals surface area contributed by atoms with E-state index in [-0.39, 0.29) is 11.5 Å². The molecule has 0 saturated heterocycles. The molecule has 1 amide bonds. The molecule has 158 valence electrons. The van der Waals surface area contributed by atoms with Crippen LogP contribution in [0.15, 0.2) is 79.1 Å². The fourth-order valence-corrected chi connectivity index (χ4v) is 4.13. The highest BCUT2D eigenvalue weighted by molar-refractivity contribution is 6.07. The standard InChI is InChI=1S/C26H21N3O3/c1-17(32-26(31)20-9-6-10-21-24(20)28-16-15-27-21)25(30)29-22-11-4-2-7-18(22)13-14-19-8-3-5-12-23(19)29/h2-12,15-17H,13-14H2,1H3. The molecular weight excluding hydrogens is 402 g/mol. The van der Waals surface area contributed by atoms with Crippen molar-refractivity contribution >= 4 is 34.3 Å². The molecule has 1 aliphatic rings. The van der Waals surface area contributed by atoms with E-state index in [4.69, 9.17) is 4.74 Å². The number of aromatic nitrogens is 2. The molecule has 5 rings (SSSR count). The van der Waals surface area contributed by atoms with E-state index in [1.165, 1.54) is 6.20 Å². The van der Waals surface area contributed by atoms with E-state index in [0.717, 1.165) is 35.3 Å². The second-order valence-corrected chi connectivity index (χ2v) is 7.71. The normalized spacial score (nSPS) is 13.6. The summed E-state index contributed by atoms with van der Waals surface area (Å²) in [5.41, 5.74) is 5.14. The smallest absolute Gasteiger partial charge is 0.341 e. The summed E-state index contributed by atoms with van der Waals surface area (Å²) >= 11 is 0. The highest BCUT2D eigenvalue weighted by Gasteiger charge is 2.31. The van der Waals surface area contributed by atoms with Crippen molar-refractivity contribution in [1.29, 1.82) is 0 Å². The number of ether oxygens (including phenoxy) is 1. The van der Waals surface area contributed by atoms with Crippen LogP contribution >= 0.6 is 0 Å². The summed E-state index contributed by atoms with van der Waals surface area (Å²) in [6, 6.07) is 20.9. The first-order valence-electron chi connectivity index (χ1n) is 10.5. The predicted octanol–water partition coefficient (Wildman–Crippen LogP) is 4.64. The Hall–Kier alpha value is -4.06. The van der Waals surface area contributed by atoms with Gasteiger partial charge in [0.1, 0.15) is 5.52 Å². The number of carbonyl (C=O) groups is 2. The Balaban J connectivity index is 1.48. The minimum atomic E-state index is -0.992. The second-order valence-electron chi connectivity index (χ2n) is 7.71. The van der Waals surface area contributed by atoms with E-state index in [2.05, 4.69) is 9.97 Å². The molecule has 1 atom stereocenters. The van der Waals surface area contributed by atoms with Gasteiger partial charge in [-0.3, -0.25) is 19.7 Å². The van der Waals surface area contributed by atoms with Gasteiger partial charge in [0.15, 0.2) is 6.10 Å². The van der Waals surface area contributed by atoms with Crippen LogP contribution in [-0.4, -0.2) is 27.9 Å². The summed E-state index contributed by atoms with van der Waals surface area (Å²) in [5.74, 6) is -0.903. The average molecular weight is 423 g/mol. The molecule has 0 saturated carbocycles. The van der Waals surface area contributed by atoms with E-state index in [9.17, 15) is 9.59 Å². The van der Waals surface area contributed by atoms with Crippen LogP contribution in [0.4, 0.5) is 11.4 Å². The second kappa shape index (κ2) is 8.23. The lowest BCUT2D eigenvalue weighted by Gasteiger charge is -2.27. The van der Waals surface area contributed by atoms with E-state index in [1.807, 2.05) is 48.5 Å². The minimum Gasteiger partial charge on any atom is -0.449 e. The zero-order valence-electron chi connectivity index (χ0n) is 17.6. The van der Waals surface area contributed by atoms with Crippen LogP contribution in [0, 0.1) is 0 Å². The quantitative estimate of drug-likeness (QED) is 0.449. The number of para-hydroxylation sites is 3. The molecule has 0 spiro atoms. The summed E-state index contributed by atoms with van der Waals surface area (Å²) in [7, 11) is 0. The maximum atomic E-state index is 13.6. The molecule has 6 nitrogen and oxygen atoms in total. The molecule has 4 aromatic rings. The number of rotatable bonds is 3.